The monoisotopic (exact) mass is 339 g/mol. The zero-order valence-electron chi connectivity index (χ0n) is 11.2. The second-order valence-corrected chi connectivity index (χ2v) is 6.40. The summed E-state index contributed by atoms with van der Waals surface area (Å²) in [5, 5.41) is 14.1. The summed E-state index contributed by atoms with van der Waals surface area (Å²) in [5.74, 6) is 0. The molecule has 1 heterocycles. The van der Waals surface area contributed by atoms with Gasteiger partial charge in [-0.2, -0.15) is 0 Å². The van der Waals surface area contributed by atoms with E-state index in [0.29, 0.717) is 0 Å². The maximum atomic E-state index is 4.31. The topological polar surface area (TPSA) is 37.8 Å². The largest absolute Gasteiger partial charge is 0.317 e. The van der Waals surface area contributed by atoms with E-state index in [1.54, 1.807) is 11.3 Å². The Bertz CT molecular complexity index is 539. The quantitative estimate of drug-likeness (QED) is 0.813. The first-order valence-corrected chi connectivity index (χ1v) is 8.11. The molecule has 0 aliphatic heterocycles. The highest BCUT2D eigenvalue weighted by atomic mass is 79.9. The van der Waals surface area contributed by atoms with Crippen molar-refractivity contribution < 1.29 is 0 Å². The maximum Gasteiger partial charge on any atom is 0.148 e. The highest BCUT2D eigenvalue weighted by molar-refractivity contribution is 9.10. The summed E-state index contributed by atoms with van der Waals surface area (Å²) in [6.45, 7) is 6.30. The van der Waals surface area contributed by atoms with Gasteiger partial charge in [0.2, 0.25) is 0 Å². The molecule has 0 saturated heterocycles. The fraction of sp³-hybridized carbons (Fsp3) is 0.429. The fourth-order valence-electron chi connectivity index (χ4n) is 1.83. The lowest BCUT2D eigenvalue weighted by molar-refractivity contribution is 0.669. The number of benzene rings is 1. The molecule has 0 atom stereocenters. The van der Waals surface area contributed by atoms with E-state index < -0.39 is 0 Å². The first-order chi connectivity index (χ1) is 9.20. The molecular formula is C14H18BrN3S. The first-order valence-electron chi connectivity index (χ1n) is 6.50. The van der Waals surface area contributed by atoms with Crippen LogP contribution in [0.1, 0.15) is 23.9 Å². The molecular weight excluding hydrogens is 322 g/mol. The lowest BCUT2D eigenvalue weighted by Crippen LogP contribution is -2.14. The van der Waals surface area contributed by atoms with Crippen LogP contribution < -0.4 is 5.32 Å². The number of aromatic nitrogens is 2. The zero-order chi connectivity index (χ0) is 13.7. The smallest absolute Gasteiger partial charge is 0.148 e. The standard InChI is InChI=1S/C14H18BrN3S/c1-3-16-8-4-5-13-17-18-14(19-13)12-9-11(15)7-6-10(12)2/h6-7,9,16H,3-5,8H2,1-2H3. The van der Waals surface area contributed by atoms with Crippen molar-refractivity contribution in [1.29, 1.82) is 0 Å². The van der Waals surface area contributed by atoms with Gasteiger partial charge in [0.25, 0.3) is 0 Å². The molecule has 2 aromatic rings. The minimum atomic E-state index is 0.998. The second kappa shape index (κ2) is 7.12. The molecule has 0 unspecified atom stereocenters. The molecule has 102 valence electrons. The van der Waals surface area contributed by atoms with Crippen molar-refractivity contribution in [3.05, 3.63) is 33.2 Å². The summed E-state index contributed by atoms with van der Waals surface area (Å²) in [6.07, 6.45) is 2.11. The lowest BCUT2D eigenvalue weighted by Gasteiger charge is -2.01. The third-order valence-corrected chi connectivity index (χ3v) is 4.40. The van der Waals surface area contributed by atoms with Crippen molar-refractivity contribution in [2.24, 2.45) is 0 Å². The summed E-state index contributed by atoms with van der Waals surface area (Å²) in [5.41, 5.74) is 2.41. The Kier molecular flexibility index (Phi) is 5.48. The van der Waals surface area contributed by atoms with Gasteiger partial charge in [-0.15, -0.1) is 10.2 Å². The van der Waals surface area contributed by atoms with Crippen LogP contribution in [-0.2, 0) is 6.42 Å². The van der Waals surface area contributed by atoms with Gasteiger partial charge in [0.05, 0.1) is 0 Å². The molecule has 1 aromatic heterocycles. The molecule has 19 heavy (non-hydrogen) atoms. The van der Waals surface area contributed by atoms with Crippen molar-refractivity contribution >= 4 is 27.3 Å². The predicted octanol–water partition coefficient (Wildman–Crippen LogP) is 3.82. The average molecular weight is 340 g/mol. The van der Waals surface area contributed by atoms with Crippen LogP contribution in [0.3, 0.4) is 0 Å². The van der Waals surface area contributed by atoms with E-state index in [1.165, 1.54) is 11.1 Å². The molecule has 0 saturated carbocycles. The van der Waals surface area contributed by atoms with Gasteiger partial charge < -0.3 is 5.32 Å². The normalized spacial score (nSPS) is 10.9. The van der Waals surface area contributed by atoms with Gasteiger partial charge in [0.15, 0.2) is 0 Å². The number of hydrogen-bond acceptors (Lipinski definition) is 4. The minimum Gasteiger partial charge on any atom is -0.317 e. The highest BCUT2D eigenvalue weighted by Crippen LogP contribution is 2.29. The summed E-state index contributed by atoms with van der Waals surface area (Å²) in [6, 6.07) is 6.27. The van der Waals surface area contributed by atoms with Crippen LogP contribution in [-0.4, -0.2) is 23.3 Å². The van der Waals surface area contributed by atoms with Crippen LogP contribution in [0, 0.1) is 6.92 Å². The first kappa shape index (κ1) is 14.6. The van der Waals surface area contributed by atoms with Gasteiger partial charge >= 0.3 is 0 Å². The number of halogens is 1. The Hall–Kier alpha value is -0.780. The molecule has 1 N–H and O–H groups in total. The predicted molar refractivity (Wildman–Crippen MR) is 84.6 cm³/mol. The molecule has 0 amide bonds. The Labute approximate surface area is 126 Å². The van der Waals surface area contributed by atoms with Crippen molar-refractivity contribution in [3.8, 4) is 10.6 Å². The lowest BCUT2D eigenvalue weighted by atomic mass is 10.1. The summed E-state index contributed by atoms with van der Waals surface area (Å²) >= 11 is 5.20. The molecule has 0 bridgehead atoms. The minimum absolute atomic E-state index is 0.998. The molecule has 0 fully saturated rings. The summed E-state index contributed by atoms with van der Waals surface area (Å²) in [7, 11) is 0. The molecule has 0 radical (unpaired) electrons. The highest BCUT2D eigenvalue weighted by Gasteiger charge is 2.09. The molecule has 0 spiro atoms. The molecule has 1 aromatic carbocycles. The second-order valence-electron chi connectivity index (χ2n) is 4.42. The van der Waals surface area contributed by atoms with Crippen molar-refractivity contribution in [3.63, 3.8) is 0 Å². The van der Waals surface area contributed by atoms with E-state index in [0.717, 1.165) is 40.4 Å². The number of nitrogens with zero attached hydrogens (tertiary/aromatic N) is 2. The van der Waals surface area contributed by atoms with Gasteiger partial charge in [0, 0.05) is 16.5 Å². The van der Waals surface area contributed by atoms with Gasteiger partial charge in [-0.05, 0) is 44.1 Å². The molecule has 0 aliphatic rings. The van der Waals surface area contributed by atoms with Crippen molar-refractivity contribution in [2.45, 2.75) is 26.7 Å². The molecule has 3 nitrogen and oxygen atoms in total. The Morgan fingerprint density at radius 3 is 2.95 bits per heavy atom. The van der Waals surface area contributed by atoms with Gasteiger partial charge in [-0.3, -0.25) is 0 Å². The molecule has 0 aliphatic carbocycles. The maximum absolute atomic E-state index is 4.31. The van der Waals surface area contributed by atoms with E-state index in [2.05, 4.69) is 63.5 Å². The number of rotatable bonds is 6. The van der Waals surface area contributed by atoms with E-state index in [4.69, 9.17) is 0 Å². The Morgan fingerprint density at radius 2 is 2.16 bits per heavy atom. The number of hydrogen-bond donors (Lipinski definition) is 1. The van der Waals surface area contributed by atoms with Crippen LogP contribution in [0.25, 0.3) is 10.6 Å². The Balaban J connectivity index is 2.06. The van der Waals surface area contributed by atoms with E-state index in [1.807, 2.05) is 0 Å². The third kappa shape index (κ3) is 4.09. The van der Waals surface area contributed by atoms with E-state index >= 15 is 0 Å². The average Bonchev–Trinajstić information content (AvgIpc) is 2.86. The zero-order valence-corrected chi connectivity index (χ0v) is 13.6. The number of aryl methyl sites for hydroxylation is 2. The van der Waals surface area contributed by atoms with Gasteiger partial charge in [-0.25, -0.2) is 0 Å². The summed E-state index contributed by atoms with van der Waals surface area (Å²) < 4.78 is 1.08. The van der Waals surface area contributed by atoms with Crippen LogP contribution in [0.15, 0.2) is 22.7 Å². The number of nitrogens with one attached hydrogen (secondary N) is 1. The SMILES string of the molecule is CCNCCCc1nnc(-c2cc(Br)ccc2C)s1. The molecule has 5 heteroatoms. The van der Waals surface area contributed by atoms with Gasteiger partial charge in [-0.1, -0.05) is 40.3 Å². The molecule has 2 rings (SSSR count). The van der Waals surface area contributed by atoms with Crippen molar-refractivity contribution in [1.82, 2.24) is 15.5 Å². The van der Waals surface area contributed by atoms with Crippen LogP contribution in [0.4, 0.5) is 0 Å². The fourth-order valence-corrected chi connectivity index (χ4v) is 3.15. The van der Waals surface area contributed by atoms with E-state index in [-0.39, 0.29) is 0 Å². The third-order valence-electron chi connectivity index (χ3n) is 2.89. The Morgan fingerprint density at radius 1 is 1.32 bits per heavy atom. The van der Waals surface area contributed by atoms with Crippen LogP contribution in [0.2, 0.25) is 0 Å². The van der Waals surface area contributed by atoms with Crippen molar-refractivity contribution in [2.75, 3.05) is 13.1 Å². The van der Waals surface area contributed by atoms with Crippen LogP contribution in [0.5, 0.6) is 0 Å². The van der Waals surface area contributed by atoms with Gasteiger partial charge in [0.1, 0.15) is 10.0 Å². The summed E-state index contributed by atoms with van der Waals surface area (Å²) in [4.78, 5) is 0. The van der Waals surface area contributed by atoms with E-state index in [9.17, 15) is 0 Å². The van der Waals surface area contributed by atoms with Crippen LogP contribution >= 0.6 is 27.3 Å².